The summed E-state index contributed by atoms with van der Waals surface area (Å²) in [4.78, 5) is 18.0. The number of nitrogens with zero attached hydrogens (tertiary/aromatic N) is 3. The molecular formula is C14H15ClN4O. The van der Waals surface area contributed by atoms with Crippen LogP contribution in [0.1, 0.15) is 24.3 Å². The van der Waals surface area contributed by atoms with E-state index in [1.807, 2.05) is 12.1 Å². The van der Waals surface area contributed by atoms with Gasteiger partial charge in [-0.15, -0.1) is 0 Å². The molecule has 0 aliphatic carbocycles. The summed E-state index contributed by atoms with van der Waals surface area (Å²) in [6.07, 6.45) is 6.93. The zero-order valence-corrected chi connectivity index (χ0v) is 11.7. The highest BCUT2D eigenvalue weighted by Gasteiger charge is 2.23. The van der Waals surface area contributed by atoms with Gasteiger partial charge in [0.05, 0.1) is 10.7 Å². The minimum absolute atomic E-state index is 0.0760. The van der Waals surface area contributed by atoms with Gasteiger partial charge in [-0.25, -0.2) is 5.10 Å². The van der Waals surface area contributed by atoms with Crippen LogP contribution in [-0.4, -0.2) is 28.3 Å². The second kappa shape index (κ2) is 5.63. The lowest BCUT2D eigenvalue weighted by atomic mass is 9.90. The first-order valence-electron chi connectivity index (χ1n) is 6.64. The Balaban J connectivity index is 1.73. The molecule has 0 unspecified atom stereocenters. The summed E-state index contributed by atoms with van der Waals surface area (Å²) in [6, 6.07) is 3.75. The summed E-state index contributed by atoms with van der Waals surface area (Å²) < 4.78 is 0. The van der Waals surface area contributed by atoms with Crippen LogP contribution in [-0.2, 0) is 0 Å². The summed E-state index contributed by atoms with van der Waals surface area (Å²) in [6.45, 7) is 1.77. The third-order valence-corrected chi connectivity index (χ3v) is 4.07. The van der Waals surface area contributed by atoms with Crippen molar-refractivity contribution in [2.45, 2.75) is 18.8 Å². The molecular weight excluding hydrogens is 276 g/mol. The molecule has 20 heavy (non-hydrogen) atoms. The standard InChI is InChI=1S/C14H15ClN4O/c15-12-9-16-5-2-13(12)19-7-3-10(4-8-19)11-1-6-17-18-14(11)20/h1-2,5-6,9-10H,3-4,7-8H2,(H,18,20). The van der Waals surface area contributed by atoms with E-state index < -0.39 is 0 Å². The lowest BCUT2D eigenvalue weighted by molar-refractivity contribution is 0.500. The highest BCUT2D eigenvalue weighted by atomic mass is 35.5. The van der Waals surface area contributed by atoms with Crippen molar-refractivity contribution in [3.8, 4) is 0 Å². The average Bonchev–Trinajstić information content (AvgIpc) is 2.49. The first-order chi connectivity index (χ1) is 9.75. The van der Waals surface area contributed by atoms with Crippen LogP contribution in [0.5, 0.6) is 0 Å². The maximum absolute atomic E-state index is 11.8. The number of piperidine rings is 1. The molecule has 0 saturated carbocycles. The molecule has 3 rings (SSSR count). The van der Waals surface area contributed by atoms with Gasteiger partial charge >= 0.3 is 0 Å². The number of hydrogen-bond donors (Lipinski definition) is 1. The number of rotatable bonds is 2. The molecule has 2 aromatic heterocycles. The van der Waals surface area contributed by atoms with Crippen LogP contribution in [0.4, 0.5) is 5.69 Å². The number of aromatic nitrogens is 3. The van der Waals surface area contributed by atoms with Crippen molar-refractivity contribution in [2.75, 3.05) is 18.0 Å². The van der Waals surface area contributed by atoms with Gasteiger partial charge in [-0.05, 0) is 30.9 Å². The molecule has 0 atom stereocenters. The van der Waals surface area contributed by atoms with E-state index in [1.54, 1.807) is 18.6 Å². The zero-order valence-electron chi connectivity index (χ0n) is 10.9. The van der Waals surface area contributed by atoms with Crippen molar-refractivity contribution in [3.63, 3.8) is 0 Å². The summed E-state index contributed by atoms with van der Waals surface area (Å²) in [5, 5.41) is 6.92. The lowest BCUT2D eigenvalue weighted by Crippen LogP contribution is -2.34. The predicted molar refractivity (Wildman–Crippen MR) is 78.3 cm³/mol. The minimum atomic E-state index is -0.0760. The highest BCUT2D eigenvalue weighted by Crippen LogP contribution is 2.31. The Hall–Kier alpha value is -1.88. The number of hydrogen-bond acceptors (Lipinski definition) is 4. The van der Waals surface area contributed by atoms with E-state index in [0.717, 1.165) is 37.2 Å². The van der Waals surface area contributed by atoms with Gasteiger partial charge in [0.1, 0.15) is 0 Å². The van der Waals surface area contributed by atoms with E-state index in [4.69, 9.17) is 11.6 Å². The van der Waals surface area contributed by atoms with E-state index in [-0.39, 0.29) is 5.56 Å². The van der Waals surface area contributed by atoms with Gasteiger partial charge in [0.15, 0.2) is 0 Å². The molecule has 1 fully saturated rings. The molecule has 1 aliphatic heterocycles. The molecule has 0 radical (unpaired) electrons. The summed E-state index contributed by atoms with van der Waals surface area (Å²) in [7, 11) is 0. The maximum Gasteiger partial charge on any atom is 0.267 e. The molecule has 1 saturated heterocycles. The van der Waals surface area contributed by atoms with Crippen molar-refractivity contribution in [3.05, 3.63) is 51.7 Å². The summed E-state index contributed by atoms with van der Waals surface area (Å²) in [5.41, 5.74) is 1.78. The number of aromatic amines is 1. The third-order valence-electron chi connectivity index (χ3n) is 3.78. The van der Waals surface area contributed by atoms with E-state index >= 15 is 0 Å². The van der Waals surface area contributed by atoms with Gasteiger partial charge in [-0.2, -0.15) is 5.10 Å². The molecule has 6 heteroatoms. The van der Waals surface area contributed by atoms with Crippen LogP contribution in [0.25, 0.3) is 0 Å². The first-order valence-corrected chi connectivity index (χ1v) is 7.01. The predicted octanol–water partition coefficient (Wildman–Crippen LogP) is 2.20. The van der Waals surface area contributed by atoms with E-state index in [1.165, 1.54) is 0 Å². The molecule has 0 amide bonds. The van der Waals surface area contributed by atoms with Crippen LogP contribution < -0.4 is 10.5 Å². The smallest absolute Gasteiger partial charge is 0.267 e. The van der Waals surface area contributed by atoms with Gasteiger partial charge in [0, 0.05) is 37.2 Å². The normalized spacial score (nSPS) is 16.4. The van der Waals surface area contributed by atoms with Crippen molar-refractivity contribution in [1.29, 1.82) is 0 Å². The first kappa shape index (κ1) is 13.1. The molecule has 5 nitrogen and oxygen atoms in total. The van der Waals surface area contributed by atoms with Gasteiger partial charge in [-0.1, -0.05) is 11.6 Å². The fourth-order valence-corrected chi connectivity index (χ4v) is 2.97. The minimum Gasteiger partial charge on any atom is -0.370 e. The fourth-order valence-electron chi connectivity index (χ4n) is 2.73. The molecule has 0 aromatic carbocycles. The third kappa shape index (κ3) is 2.54. The quantitative estimate of drug-likeness (QED) is 0.921. The van der Waals surface area contributed by atoms with E-state index in [0.29, 0.717) is 10.9 Å². The van der Waals surface area contributed by atoms with Crippen molar-refractivity contribution in [1.82, 2.24) is 15.2 Å². The average molecular weight is 291 g/mol. The van der Waals surface area contributed by atoms with Gasteiger partial charge in [0.2, 0.25) is 0 Å². The zero-order chi connectivity index (χ0) is 13.9. The van der Waals surface area contributed by atoms with Gasteiger partial charge in [-0.3, -0.25) is 9.78 Å². The molecule has 0 bridgehead atoms. The summed E-state index contributed by atoms with van der Waals surface area (Å²) >= 11 is 6.17. The Labute approximate surface area is 121 Å². The number of pyridine rings is 1. The monoisotopic (exact) mass is 290 g/mol. The fraction of sp³-hybridized carbons (Fsp3) is 0.357. The maximum atomic E-state index is 11.8. The number of nitrogens with one attached hydrogen (secondary N) is 1. The van der Waals surface area contributed by atoms with Crippen LogP contribution in [0, 0.1) is 0 Å². The molecule has 0 spiro atoms. The molecule has 2 aromatic rings. The van der Waals surface area contributed by atoms with Crippen molar-refractivity contribution in [2.24, 2.45) is 0 Å². The number of halogens is 1. The molecule has 1 N–H and O–H groups in total. The van der Waals surface area contributed by atoms with Crippen LogP contribution in [0.3, 0.4) is 0 Å². The van der Waals surface area contributed by atoms with Crippen LogP contribution in [0.15, 0.2) is 35.5 Å². The largest absolute Gasteiger partial charge is 0.370 e. The lowest BCUT2D eigenvalue weighted by Gasteiger charge is -2.33. The molecule has 3 heterocycles. The molecule has 1 aliphatic rings. The Morgan fingerprint density at radius 2 is 2.05 bits per heavy atom. The topological polar surface area (TPSA) is 61.9 Å². The second-order valence-electron chi connectivity index (χ2n) is 4.93. The Kier molecular flexibility index (Phi) is 3.69. The number of H-pyrrole nitrogens is 1. The Morgan fingerprint density at radius 1 is 1.25 bits per heavy atom. The number of anilines is 1. The highest BCUT2D eigenvalue weighted by molar-refractivity contribution is 6.33. The van der Waals surface area contributed by atoms with E-state index in [2.05, 4.69) is 20.1 Å². The van der Waals surface area contributed by atoms with E-state index in [9.17, 15) is 4.79 Å². The Bertz CT molecular complexity index is 649. The van der Waals surface area contributed by atoms with Crippen LogP contribution >= 0.6 is 11.6 Å². The Morgan fingerprint density at radius 3 is 2.75 bits per heavy atom. The van der Waals surface area contributed by atoms with Gasteiger partial charge in [0.25, 0.3) is 5.56 Å². The van der Waals surface area contributed by atoms with Crippen molar-refractivity contribution < 1.29 is 0 Å². The second-order valence-corrected chi connectivity index (χ2v) is 5.34. The van der Waals surface area contributed by atoms with Crippen molar-refractivity contribution >= 4 is 17.3 Å². The molecule has 104 valence electrons. The van der Waals surface area contributed by atoms with Crippen LogP contribution in [0.2, 0.25) is 5.02 Å². The summed E-state index contributed by atoms with van der Waals surface area (Å²) in [5.74, 6) is 0.290. The van der Waals surface area contributed by atoms with Gasteiger partial charge < -0.3 is 4.90 Å². The SMILES string of the molecule is O=c1[nH]nccc1C1CCN(c2ccncc2Cl)CC1.